The highest BCUT2D eigenvalue weighted by atomic mass is 19.4. The number of aromatic nitrogens is 2. The van der Waals surface area contributed by atoms with E-state index in [1.54, 1.807) is 38.7 Å². The van der Waals surface area contributed by atoms with Crippen LogP contribution in [0.4, 0.5) is 22.0 Å². The van der Waals surface area contributed by atoms with E-state index in [1.807, 2.05) is 13.0 Å². The Hall–Kier alpha value is -4.33. The average molecular weight is 591 g/mol. The Balaban J connectivity index is 1.25. The van der Waals surface area contributed by atoms with Gasteiger partial charge in [-0.15, -0.1) is 13.2 Å². The highest BCUT2D eigenvalue weighted by Gasteiger charge is 2.31. The normalized spacial score (nSPS) is 16.2. The zero-order valence-corrected chi connectivity index (χ0v) is 22.5. The van der Waals surface area contributed by atoms with Gasteiger partial charge in [-0.3, -0.25) is 14.4 Å². The van der Waals surface area contributed by atoms with Gasteiger partial charge in [-0.05, 0) is 55.0 Å². The summed E-state index contributed by atoms with van der Waals surface area (Å²) in [5, 5.41) is 4.61. The zero-order chi connectivity index (χ0) is 29.9. The van der Waals surface area contributed by atoms with Gasteiger partial charge in [0.05, 0.1) is 13.1 Å². The van der Waals surface area contributed by atoms with Crippen LogP contribution in [-0.2, 0) is 11.3 Å². The van der Waals surface area contributed by atoms with Crippen LogP contribution in [0.3, 0.4) is 0 Å². The molecule has 1 saturated heterocycles. The van der Waals surface area contributed by atoms with E-state index >= 15 is 0 Å². The maximum absolute atomic E-state index is 13.1. The van der Waals surface area contributed by atoms with E-state index in [0.717, 1.165) is 11.3 Å². The third kappa shape index (κ3) is 7.29. The van der Waals surface area contributed by atoms with Crippen LogP contribution < -0.4 is 4.74 Å². The number of amidine groups is 1. The molecule has 42 heavy (non-hydrogen) atoms. The third-order valence-corrected chi connectivity index (χ3v) is 6.73. The van der Waals surface area contributed by atoms with E-state index < -0.39 is 12.8 Å². The van der Waals surface area contributed by atoms with Gasteiger partial charge in [0.25, 0.3) is 12.3 Å². The van der Waals surface area contributed by atoms with Gasteiger partial charge in [0, 0.05) is 43.0 Å². The molecule has 0 spiro atoms. The van der Waals surface area contributed by atoms with Crippen LogP contribution >= 0.6 is 0 Å². The number of amides is 1. The summed E-state index contributed by atoms with van der Waals surface area (Å²) < 4.78 is 73.9. The molecule has 1 fully saturated rings. The van der Waals surface area contributed by atoms with Crippen molar-refractivity contribution in [3.05, 3.63) is 82.7 Å². The smallest absolute Gasteiger partial charge is 0.453 e. The van der Waals surface area contributed by atoms with E-state index in [1.165, 1.54) is 24.3 Å². The highest BCUT2D eigenvalue weighted by molar-refractivity contribution is 6.09. The number of carbonyl (C=O) groups is 1. The summed E-state index contributed by atoms with van der Waals surface area (Å²) in [6.07, 6.45) is -7.18. The zero-order valence-electron chi connectivity index (χ0n) is 22.5. The van der Waals surface area contributed by atoms with Gasteiger partial charge in [0.15, 0.2) is 12.6 Å². The van der Waals surface area contributed by atoms with Crippen molar-refractivity contribution in [3.63, 3.8) is 0 Å². The molecule has 3 heterocycles. The molecule has 3 aromatic rings. The lowest BCUT2D eigenvalue weighted by molar-refractivity contribution is -0.274. The Kier molecular flexibility index (Phi) is 8.52. The molecule has 9 nitrogen and oxygen atoms in total. The second-order valence-corrected chi connectivity index (χ2v) is 9.76. The molecule has 0 bridgehead atoms. The molecule has 14 heteroatoms. The van der Waals surface area contributed by atoms with Gasteiger partial charge in [-0.1, -0.05) is 12.1 Å². The number of rotatable bonds is 8. The first-order valence-corrected chi connectivity index (χ1v) is 13.1. The number of hydrogen-bond donors (Lipinski definition) is 0. The van der Waals surface area contributed by atoms with Crippen molar-refractivity contribution in [2.45, 2.75) is 26.3 Å². The number of aryl methyl sites for hydroxylation is 1. The Bertz CT molecular complexity index is 1480. The van der Waals surface area contributed by atoms with E-state index in [4.69, 9.17) is 4.74 Å². The van der Waals surface area contributed by atoms with Crippen molar-refractivity contribution in [2.75, 3.05) is 39.5 Å². The fraction of sp³-hybridized carbons (Fsp3) is 0.357. The molecule has 222 valence electrons. The van der Waals surface area contributed by atoms with Crippen molar-refractivity contribution >= 4 is 17.6 Å². The van der Waals surface area contributed by atoms with Gasteiger partial charge < -0.3 is 14.4 Å². The molecular weight excluding hydrogens is 563 g/mol. The lowest BCUT2D eigenvalue weighted by atomic mass is 10.1. The Morgan fingerprint density at radius 1 is 1.05 bits per heavy atom. The van der Waals surface area contributed by atoms with E-state index in [2.05, 4.69) is 19.8 Å². The molecular formula is C28H27F5N6O3. The molecule has 1 aromatic heterocycles. The maximum Gasteiger partial charge on any atom is 0.573 e. The van der Waals surface area contributed by atoms with Gasteiger partial charge >= 0.3 is 6.36 Å². The Morgan fingerprint density at radius 3 is 2.48 bits per heavy atom. The summed E-state index contributed by atoms with van der Waals surface area (Å²) >= 11 is 0. The number of aliphatic imine (C=N–C) groups is 2. The number of alkyl halides is 5. The number of halogens is 5. The number of ether oxygens (including phenoxy) is 2. The fourth-order valence-electron chi connectivity index (χ4n) is 4.67. The van der Waals surface area contributed by atoms with Crippen LogP contribution in [0.15, 0.2) is 64.6 Å². The largest absolute Gasteiger partial charge is 0.573 e. The Morgan fingerprint density at radius 2 is 1.79 bits per heavy atom. The van der Waals surface area contributed by atoms with E-state index in [9.17, 15) is 26.7 Å². The summed E-state index contributed by atoms with van der Waals surface area (Å²) in [6.45, 7) is 3.48. The number of nitrogens with zero attached hydrogens (tertiary/aromatic N) is 6. The first-order valence-electron chi connectivity index (χ1n) is 13.1. The van der Waals surface area contributed by atoms with Crippen LogP contribution in [-0.4, -0.2) is 89.5 Å². The number of carbonyl (C=O) groups excluding carboxylic acids is 1. The van der Waals surface area contributed by atoms with Crippen LogP contribution in [0.2, 0.25) is 0 Å². The summed E-state index contributed by atoms with van der Waals surface area (Å²) in [4.78, 5) is 25.0. The molecule has 0 atom stereocenters. The van der Waals surface area contributed by atoms with Crippen LogP contribution in [0.25, 0.3) is 0 Å². The lowest BCUT2D eigenvalue weighted by Crippen LogP contribution is -2.49. The van der Waals surface area contributed by atoms with Crippen molar-refractivity contribution < 1.29 is 36.2 Å². The minimum absolute atomic E-state index is 0.0402. The van der Waals surface area contributed by atoms with E-state index in [-0.39, 0.29) is 36.7 Å². The summed E-state index contributed by atoms with van der Waals surface area (Å²) in [5.41, 5.74) is 3.09. The SMILES string of the molecule is Cc1cc(C2=NC(c3ccc(OC(F)(F)F)cc3)=NCO2)nn1Cc1cccc(C(=O)N2CCN(CC(F)F)CC2)c1. The molecule has 2 aromatic carbocycles. The van der Waals surface area contributed by atoms with Crippen LogP contribution in [0.1, 0.15) is 32.9 Å². The minimum Gasteiger partial charge on any atom is -0.453 e. The highest BCUT2D eigenvalue weighted by Crippen LogP contribution is 2.24. The molecule has 5 rings (SSSR count). The summed E-state index contributed by atoms with van der Waals surface area (Å²) in [5.74, 6) is -0.00692. The van der Waals surface area contributed by atoms with Gasteiger partial charge in [-0.25, -0.2) is 13.8 Å². The monoisotopic (exact) mass is 590 g/mol. The third-order valence-electron chi connectivity index (χ3n) is 6.73. The van der Waals surface area contributed by atoms with Gasteiger partial charge in [0.2, 0.25) is 5.90 Å². The van der Waals surface area contributed by atoms with Gasteiger partial charge in [-0.2, -0.15) is 10.1 Å². The summed E-state index contributed by atoms with van der Waals surface area (Å²) in [6, 6.07) is 14.2. The molecule has 1 amide bonds. The van der Waals surface area contributed by atoms with Crippen LogP contribution in [0, 0.1) is 6.92 Å². The average Bonchev–Trinajstić information content (AvgIpc) is 3.32. The molecule has 2 aliphatic heterocycles. The first kappa shape index (κ1) is 29.2. The second-order valence-electron chi connectivity index (χ2n) is 9.76. The molecule has 0 radical (unpaired) electrons. The fourth-order valence-corrected chi connectivity index (χ4v) is 4.67. The minimum atomic E-state index is -4.79. The van der Waals surface area contributed by atoms with E-state index in [0.29, 0.717) is 49.5 Å². The standard InChI is InChI=1S/C28H27F5N6O3/c1-18-13-23(26-35-25(34-17-41-26)20-5-7-22(8-6-20)42-28(31,32)33)36-39(18)15-19-3-2-4-21(14-19)27(40)38-11-9-37(10-12-38)16-24(29)30/h2-8,13-14,24H,9-12,15-17H2,1H3. The van der Waals surface area contributed by atoms with Gasteiger partial charge in [0.1, 0.15) is 11.4 Å². The quantitative estimate of drug-likeness (QED) is 0.365. The summed E-state index contributed by atoms with van der Waals surface area (Å²) in [7, 11) is 0. The number of hydrogen-bond acceptors (Lipinski definition) is 7. The first-order chi connectivity index (χ1) is 20.0. The van der Waals surface area contributed by atoms with Crippen molar-refractivity contribution in [1.82, 2.24) is 19.6 Å². The lowest BCUT2D eigenvalue weighted by Gasteiger charge is -2.34. The molecule has 0 aliphatic carbocycles. The maximum atomic E-state index is 13.1. The molecule has 0 N–H and O–H groups in total. The number of benzene rings is 2. The molecule has 0 saturated carbocycles. The Labute approximate surface area is 237 Å². The predicted molar refractivity (Wildman–Crippen MR) is 143 cm³/mol. The molecule has 0 unspecified atom stereocenters. The topological polar surface area (TPSA) is 84.5 Å². The second kappa shape index (κ2) is 12.3. The number of piperazine rings is 1. The predicted octanol–water partition coefficient (Wildman–Crippen LogP) is 4.34. The van der Waals surface area contributed by atoms with Crippen molar-refractivity contribution in [2.24, 2.45) is 9.98 Å². The van der Waals surface area contributed by atoms with Crippen LogP contribution in [0.5, 0.6) is 5.75 Å². The molecule has 2 aliphatic rings. The van der Waals surface area contributed by atoms with Crippen molar-refractivity contribution in [1.29, 1.82) is 0 Å². The van der Waals surface area contributed by atoms with Crippen molar-refractivity contribution in [3.8, 4) is 5.75 Å².